The number of hydrogen-bond acceptors (Lipinski definition) is 3. The van der Waals surface area contributed by atoms with Gasteiger partial charge in [0, 0.05) is 13.1 Å². The number of benzene rings is 1. The maximum absolute atomic E-state index is 5.54. The van der Waals surface area contributed by atoms with Crippen molar-refractivity contribution in [1.82, 2.24) is 4.98 Å². The van der Waals surface area contributed by atoms with Crippen molar-refractivity contribution in [2.75, 3.05) is 4.90 Å². The Hall–Kier alpha value is -1.94. The van der Waals surface area contributed by atoms with Crippen molar-refractivity contribution in [3.8, 4) is 0 Å². The highest BCUT2D eigenvalue weighted by Gasteiger charge is 2.18. The molecular formula is C14H13N3S. The number of thiocarbonyl (C=S) groups is 1. The molecule has 0 amide bonds. The van der Waals surface area contributed by atoms with Crippen LogP contribution in [0, 0.1) is 0 Å². The van der Waals surface area contributed by atoms with Gasteiger partial charge in [-0.2, -0.15) is 0 Å². The van der Waals surface area contributed by atoms with Gasteiger partial charge in [0.15, 0.2) is 0 Å². The van der Waals surface area contributed by atoms with Crippen LogP contribution in [0.5, 0.6) is 0 Å². The fourth-order valence-corrected chi connectivity index (χ4v) is 2.36. The van der Waals surface area contributed by atoms with Gasteiger partial charge < -0.3 is 10.6 Å². The first-order valence-corrected chi connectivity index (χ1v) is 6.22. The summed E-state index contributed by atoms with van der Waals surface area (Å²) in [5.41, 5.74) is 10.1. The van der Waals surface area contributed by atoms with Gasteiger partial charge in [-0.05, 0) is 23.3 Å². The molecule has 0 saturated carbocycles. The molecule has 1 aliphatic rings. The van der Waals surface area contributed by atoms with E-state index in [1.165, 1.54) is 11.1 Å². The fraction of sp³-hybridized carbons (Fsp3) is 0.143. The SMILES string of the molecule is NC(=S)c1ccc(N2Cc3ccccc3C2)cn1. The molecule has 0 aliphatic carbocycles. The van der Waals surface area contributed by atoms with Crippen LogP contribution in [-0.2, 0) is 13.1 Å². The number of anilines is 1. The summed E-state index contributed by atoms with van der Waals surface area (Å²) in [7, 11) is 0. The molecule has 2 N–H and O–H groups in total. The van der Waals surface area contributed by atoms with Crippen LogP contribution in [0.1, 0.15) is 16.8 Å². The summed E-state index contributed by atoms with van der Waals surface area (Å²) in [5, 5.41) is 0. The van der Waals surface area contributed by atoms with Crippen LogP contribution in [0.15, 0.2) is 42.6 Å². The molecule has 1 aliphatic heterocycles. The number of pyridine rings is 1. The highest BCUT2D eigenvalue weighted by molar-refractivity contribution is 7.80. The van der Waals surface area contributed by atoms with Crippen molar-refractivity contribution < 1.29 is 0 Å². The molecule has 0 bridgehead atoms. The van der Waals surface area contributed by atoms with E-state index in [9.17, 15) is 0 Å². The average Bonchev–Trinajstić information content (AvgIpc) is 2.82. The third-order valence-corrected chi connectivity index (χ3v) is 3.42. The Labute approximate surface area is 111 Å². The molecule has 0 radical (unpaired) electrons. The molecule has 2 aromatic rings. The van der Waals surface area contributed by atoms with Gasteiger partial charge in [-0.3, -0.25) is 4.98 Å². The van der Waals surface area contributed by atoms with Crippen molar-refractivity contribution >= 4 is 22.9 Å². The van der Waals surface area contributed by atoms with Gasteiger partial charge in [0.2, 0.25) is 0 Å². The van der Waals surface area contributed by atoms with Gasteiger partial charge >= 0.3 is 0 Å². The maximum Gasteiger partial charge on any atom is 0.122 e. The summed E-state index contributed by atoms with van der Waals surface area (Å²) < 4.78 is 0. The number of hydrogen-bond donors (Lipinski definition) is 1. The summed E-state index contributed by atoms with van der Waals surface area (Å²) in [4.78, 5) is 6.91. The maximum atomic E-state index is 5.54. The molecular weight excluding hydrogens is 242 g/mol. The lowest BCUT2D eigenvalue weighted by molar-refractivity contribution is 0.875. The largest absolute Gasteiger partial charge is 0.388 e. The van der Waals surface area contributed by atoms with Crippen LogP contribution in [0.25, 0.3) is 0 Å². The molecule has 2 heterocycles. The number of aromatic nitrogens is 1. The zero-order valence-corrected chi connectivity index (χ0v) is 10.7. The van der Waals surface area contributed by atoms with E-state index < -0.39 is 0 Å². The van der Waals surface area contributed by atoms with Crippen molar-refractivity contribution in [1.29, 1.82) is 0 Å². The molecule has 3 nitrogen and oxygen atoms in total. The Morgan fingerprint density at radius 3 is 2.28 bits per heavy atom. The van der Waals surface area contributed by atoms with E-state index in [0.29, 0.717) is 10.7 Å². The Morgan fingerprint density at radius 1 is 1.11 bits per heavy atom. The molecule has 0 saturated heterocycles. The summed E-state index contributed by atoms with van der Waals surface area (Å²) in [6.07, 6.45) is 1.83. The van der Waals surface area contributed by atoms with Crippen LogP contribution < -0.4 is 10.6 Å². The minimum absolute atomic E-state index is 0.339. The molecule has 4 heteroatoms. The molecule has 1 aromatic heterocycles. The lowest BCUT2D eigenvalue weighted by atomic mass is 10.1. The molecule has 90 valence electrons. The number of nitrogens with zero attached hydrogens (tertiary/aromatic N) is 2. The second-order valence-corrected chi connectivity index (χ2v) is 4.83. The van der Waals surface area contributed by atoms with E-state index in [-0.39, 0.29) is 0 Å². The Morgan fingerprint density at radius 2 is 1.78 bits per heavy atom. The van der Waals surface area contributed by atoms with Gasteiger partial charge in [0.25, 0.3) is 0 Å². The van der Waals surface area contributed by atoms with Gasteiger partial charge in [-0.15, -0.1) is 0 Å². The molecule has 0 spiro atoms. The highest BCUT2D eigenvalue weighted by atomic mass is 32.1. The molecule has 3 rings (SSSR count). The van der Waals surface area contributed by atoms with E-state index >= 15 is 0 Å². The standard InChI is InChI=1S/C14H13N3S/c15-14(18)13-6-5-12(7-16-13)17-8-10-3-1-2-4-11(10)9-17/h1-7H,8-9H2,(H2,15,18). The van der Waals surface area contributed by atoms with Crippen LogP contribution >= 0.6 is 12.2 Å². The van der Waals surface area contributed by atoms with Crippen LogP contribution in [-0.4, -0.2) is 9.97 Å². The van der Waals surface area contributed by atoms with Crippen molar-refractivity contribution in [2.45, 2.75) is 13.1 Å². The van der Waals surface area contributed by atoms with Crippen molar-refractivity contribution in [3.05, 3.63) is 59.4 Å². The summed E-state index contributed by atoms with van der Waals surface area (Å²) >= 11 is 4.90. The van der Waals surface area contributed by atoms with Crippen LogP contribution in [0.3, 0.4) is 0 Å². The minimum atomic E-state index is 0.339. The smallest absolute Gasteiger partial charge is 0.122 e. The van der Waals surface area contributed by atoms with Crippen molar-refractivity contribution in [2.24, 2.45) is 5.73 Å². The van der Waals surface area contributed by atoms with Crippen LogP contribution in [0.4, 0.5) is 5.69 Å². The average molecular weight is 255 g/mol. The minimum Gasteiger partial charge on any atom is -0.388 e. The molecule has 0 atom stereocenters. The van der Waals surface area contributed by atoms with E-state index in [0.717, 1.165) is 18.8 Å². The molecule has 0 fully saturated rings. The number of fused-ring (bicyclic) bond motifs is 1. The van der Waals surface area contributed by atoms with Gasteiger partial charge in [-0.25, -0.2) is 0 Å². The highest BCUT2D eigenvalue weighted by Crippen LogP contribution is 2.27. The van der Waals surface area contributed by atoms with Crippen molar-refractivity contribution in [3.63, 3.8) is 0 Å². The van der Waals surface area contributed by atoms with Gasteiger partial charge in [0.05, 0.1) is 17.6 Å². The monoisotopic (exact) mass is 255 g/mol. The van der Waals surface area contributed by atoms with Gasteiger partial charge in [-0.1, -0.05) is 36.5 Å². The fourth-order valence-electron chi connectivity index (χ4n) is 2.23. The second-order valence-electron chi connectivity index (χ2n) is 4.39. The van der Waals surface area contributed by atoms with E-state index in [4.69, 9.17) is 18.0 Å². The first-order valence-electron chi connectivity index (χ1n) is 5.81. The zero-order valence-electron chi connectivity index (χ0n) is 9.84. The third-order valence-electron chi connectivity index (χ3n) is 3.21. The van der Waals surface area contributed by atoms with Gasteiger partial charge in [0.1, 0.15) is 4.99 Å². The van der Waals surface area contributed by atoms with Crippen LogP contribution in [0.2, 0.25) is 0 Å². The Kier molecular flexibility index (Phi) is 2.72. The lowest BCUT2D eigenvalue weighted by Gasteiger charge is -2.17. The summed E-state index contributed by atoms with van der Waals surface area (Å²) in [5.74, 6) is 0. The third kappa shape index (κ3) is 1.95. The topological polar surface area (TPSA) is 42.1 Å². The predicted octanol–water partition coefficient (Wildman–Crippen LogP) is 2.24. The Balaban J connectivity index is 1.84. The summed E-state index contributed by atoms with van der Waals surface area (Å²) in [6.45, 7) is 1.87. The normalized spacial score (nSPS) is 13.4. The molecule has 18 heavy (non-hydrogen) atoms. The zero-order chi connectivity index (χ0) is 12.5. The first kappa shape index (κ1) is 11.2. The predicted molar refractivity (Wildman–Crippen MR) is 76.5 cm³/mol. The van der Waals surface area contributed by atoms with E-state index in [1.54, 1.807) is 0 Å². The number of rotatable bonds is 2. The molecule has 1 aromatic carbocycles. The number of nitrogens with two attached hydrogens (primary N) is 1. The quantitative estimate of drug-likeness (QED) is 0.836. The lowest BCUT2D eigenvalue weighted by Crippen LogP contribution is -2.16. The first-order chi connectivity index (χ1) is 8.74. The van der Waals surface area contributed by atoms with E-state index in [2.05, 4.69) is 34.1 Å². The van der Waals surface area contributed by atoms with E-state index in [1.807, 2.05) is 18.3 Å². The Bertz CT molecular complexity index is 567. The second kappa shape index (κ2) is 4.38. The summed E-state index contributed by atoms with van der Waals surface area (Å²) in [6, 6.07) is 12.4. The molecule has 0 unspecified atom stereocenters.